The van der Waals surface area contributed by atoms with Gasteiger partial charge in [-0.2, -0.15) is 0 Å². The quantitative estimate of drug-likeness (QED) is 0.626. The normalized spacial score (nSPS) is 10.1. The molecule has 0 unspecified atom stereocenters. The van der Waals surface area contributed by atoms with E-state index in [1.54, 1.807) is 19.1 Å². The Bertz CT molecular complexity index is 759. The number of hydrogen-bond acceptors (Lipinski definition) is 8. The molecule has 2 rings (SSSR count). The van der Waals surface area contributed by atoms with E-state index in [1.165, 1.54) is 19.1 Å². The van der Waals surface area contributed by atoms with Crippen LogP contribution in [0.4, 0.5) is 5.13 Å². The summed E-state index contributed by atoms with van der Waals surface area (Å²) >= 11 is 1.07. The fourth-order valence-electron chi connectivity index (χ4n) is 1.77. The Morgan fingerprint density at radius 3 is 2.67 bits per heavy atom. The van der Waals surface area contributed by atoms with Gasteiger partial charge in [0, 0.05) is 6.92 Å². The summed E-state index contributed by atoms with van der Waals surface area (Å²) in [6.07, 6.45) is -0.00852. The van der Waals surface area contributed by atoms with Crippen molar-refractivity contribution in [1.82, 2.24) is 10.2 Å². The van der Waals surface area contributed by atoms with Crippen molar-refractivity contribution in [2.75, 3.05) is 11.9 Å². The van der Waals surface area contributed by atoms with Gasteiger partial charge in [0.25, 0.3) is 5.91 Å². The van der Waals surface area contributed by atoms with Crippen molar-refractivity contribution in [2.45, 2.75) is 20.3 Å². The van der Waals surface area contributed by atoms with Crippen LogP contribution in [-0.4, -0.2) is 34.7 Å². The molecule has 0 saturated heterocycles. The molecular weight excluding hydrogens is 334 g/mol. The highest BCUT2D eigenvalue weighted by molar-refractivity contribution is 7.15. The van der Waals surface area contributed by atoms with Crippen LogP contribution in [0.2, 0.25) is 0 Å². The van der Waals surface area contributed by atoms with Crippen molar-refractivity contribution in [1.29, 1.82) is 0 Å². The van der Waals surface area contributed by atoms with Gasteiger partial charge in [-0.15, -0.1) is 10.2 Å². The van der Waals surface area contributed by atoms with Crippen LogP contribution in [0.1, 0.15) is 29.2 Å². The molecule has 0 aliphatic rings. The maximum absolute atomic E-state index is 12.3. The highest BCUT2D eigenvalue weighted by Gasteiger charge is 2.16. The van der Waals surface area contributed by atoms with Gasteiger partial charge in [-0.25, -0.2) is 0 Å². The van der Waals surface area contributed by atoms with Gasteiger partial charge in [0.15, 0.2) is 0 Å². The van der Waals surface area contributed by atoms with Crippen LogP contribution in [0.3, 0.4) is 0 Å². The summed E-state index contributed by atoms with van der Waals surface area (Å²) in [5.41, 5.74) is 0.190. The van der Waals surface area contributed by atoms with Gasteiger partial charge < -0.3 is 9.47 Å². The minimum Gasteiger partial charge on any atom is -0.466 e. The molecule has 0 saturated carbocycles. The zero-order valence-electron chi connectivity index (χ0n) is 13.1. The van der Waals surface area contributed by atoms with Crippen LogP contribution in [-0.2, 0) is 20.7 Å². The summed E-state index contributed by atoms with van der Waals surface area (Å²) in [5.74, 6) is -1.28. The lowest BCUT2D eigenvalue weighted by Crippen LogP contribution is -2.14. The lowest BCUT2D eigenvalue weighted by Gasteiger charge is -2.07. The Balaban J connectivity index is 2.07. The number of nitrogens with zero attached hydrogens (tertiary/aromatic N) is 2. The van der Waals surface area contributed by atoms with Crippen LogP contribution in [0.5, 0.6) is 5.75 Å². The number of aromatic nitrogens is 2. The van der Waals surface area contributed by atoms with Crippen LogP contribution in [0, 0.1) is 0 Å². The first-order valence-corrected chi connectivity index (χ1v) is 7.88. The molecule has 9 heteroatoms. The summed E-state index contributed by atoms with van der Waals surface area (Å²) in [4.78, 5) is 34.8. The summed E-state index contributed by atoms with van der Waals surface area (Å²) in [6.45, 7) is 3.25. The summed E-state index contributed by atoms with van der Waals surface area (Å²) in [5, 5.41) is 10.9. The van der Waals surface area contributed by atoms with Crippen LogP contribution in [0.15, 0.2) is 24.3 Å². The first-order chi connectivity index (χ1) is 11.5. The SMILES string of the molecule is CCOC(=O)Cc1nnc(NC(=O)c2ccccc2OC(C)=O)s1. The Labute approximate surface area is 141 Å². The van der Waals surface area contributed by atoms with Crippen molar-refractivity contribution in [3.05, 3.63) is 34.8 Å². The van der Waals surface area contributed by atoms with Crippen LogP contribution in [0.25, 0.3) is 0 Å². The number of rotatable bonds is 6. The van der Waals surface area contributed by atoms with Crippen molar-refractivity contribution in [2.24, 2.45) is 0 Å². The lowest BCUT2D eigenvalue weighted by molar-refractivity contribution is -0.142. The van der Waals surface area contributed by atoms with E-state index >= 15 is 0 Å². The van der Waals surface area contributed by atoms with Crippen molar-refractivity contribution >= 4 is 34.3 Å². The molecule has 1 heterocycles. The highest BCUT2D eigenvalue weighted by Crippen LogP contribution is 2.21. The number of anilines is 1. The van der Waals surface area contributed by atoms with Crippen molar-refractivity contribution in [3.8, 4) is 5.75 Å². The molecule has 24 heavy (non-hydrogen) atoms. The minimum absolute atomic E-state index is 0.00852. The molecule has 0 aliphatic carbocycles. The van der Waals surface area contributed by atoms with Crippen LogP contribution < -0.4 is 10.1 Å². The molecular formula is C15H15N3O5S. The second kappa shape index (κ2) is 8.16. The molecule has 0 radical (unpaired) electrons. The minimum atomic E-state index is -0.525. The first kappa shape index (κ1) is 17.5. The van der Waals surface area contributed by atoms with Gasteiger partial charge in [-0.1, -0.05) is 23.5 Å². The molecule has 1 aromatic heterocycles. The fraction of sp³-hybridized carbons (Fsp3) is 0.267. The summed E-state index contributed by atoms with van der Waals surface area (Å²) in [7, 11) is 0. The molecule has 0 bridgehead atoms. The molecule has 0 fully saturated rings. The van der Waals surface area contributed by atoms with E-state index in [9.17, 15) is 14.4 Å². The average molecular weight is 349 g/mol. The third kappa shape index (κ3) is 4.85. The third-order valence-electron chi connectivity index (χ3n) is 2.67. The number of carbonyl (C=O) groups excluding carboxylic acids is 3. The maximum atomic E-state index is 12.3. The Kier molecular flexibility index (Phi) is 5.96. The predicted molar refractivity (Wildman–Crippen MR) is 86.0 cm³/mol. The van der Waals surface area contributed by atoms with E-state index in [4.69, 9.17) is 9.47 Å². The van der Waals surface area contributed by atoms with Gasteiger partial charge in [-0.3, -0.25) is 19.7 Å². The topological polar surface area (TPSA) is 107 Å². The number of hydrogen-bond donors (Lipinski definition) is 1. The maximum Gasteiger partial charge on any atom is 0.312 e. The molecule has 2 aromatic rings. The second-order valence-corrected chi connectivity index (χ2v) is 5.59. The van der Waals surface area contributed by atoms with Crippen molar-refractivity contribution < 1.29 is 23.9 Å². The highest BCUT2D eigenvalue weighted by atomic mass is 32.1. The van der Waals surface area contributed by atoms with E-state index in [1.807, 2.05) is 0 Å². The van der Waals surface area contributed by atoms with Gasteiger partial charge in [0.2, 0.25) is 5.13 Å². The number of esters is 2. The standard InChI is InChI=1S/C15H15N3O5S/c1-3-22-13(20)8-12-17-18-15(24-12)16-14(21)10-6-4-5-7-11(10)23-9(2)19/h4-7H,3,8H2,1-2H3,(H,16,18,21). The number of carbonyl (C=O) groups is 3. The number of para-hydroxylation sites is 1. The van der Waals surface area contributed by atoms with Gasteiger partial charge >= 0.3 is 11.9 Å². The number of ether oxygens (including phenoxy) is 2. The van der Waals surface area contributed by atoms with Gasteiger partial charge in [0.05, 0.1) is 18.6 Å². The van der Waals surface area contributed by atoms with Crippen LogP contribution >= 0.6 is 11.3 Å². The molecule has 0 atom stereocenters. The van der Waals surface area contributed by atoms with E-state index < -0.39 is 17.8 Å². The van der Waals surface area contributed by atoms with E-state index in [0.717, 1.165) is 11.3 Å². The van der Waals surface area contributed by atoms with Gasteiger partial charge in [0.1, 0.15) is 10.8 Å². The zero-order valence-corrected chi connectivity index (χ0v) is 13.9. The molecule has 8 nitrogen and oxygen atoms in total. The molecule has 1 amide bonds. The largest absolute Gasteiger partial charge is 0.466 e. The summed E-state index contributed by atoms with van der Waals surface area (Å²) in [6, 6.07) is 6.34. The number of amides is 1. The Morgan fingerprint density at radius 2 is 1.96 bits per heavy atom. The molecule has 0 spiro atoms. The fourth-order valence-corrected chi connectivity index (χ4v) is 2.49. The number of benzene rings is 1. The Morgan fingerprint density at radius 1 is 1.21 bits per heavy atom. The Hall–Kier alpha value is -2.81. The second-order valence-electron chi connectivity index (χ2n) is 4.53. The van der Waals surface area contributed by atoms with E-state index in [2.05, 4.69) is 15.5 Å². The van der Waals surface area contributed by atoms with E-state index in [-0.39, 0.29) is 29.5 Å². The predicted octanol–water partition coefficient (Wildman–Crippen LogP) is 1.82. The monoisotopic (exact) mass is 349 g/mol. The molecule has 1 N–H and O–H groups in total. The molecule has 0 aliphatic heterocycles. The average Bonchev–Trinajstić information content (AvgIpc) is 2.94. The third-order valence-corrected chi connectivity index (χ3v) is 3.51. The van der Waals surface area contributed by atoms with E-state index in [0.29, 0.717) is 5.01 Å². The smallest absolute Gasteiger partial charge is 0.312 e. The molecule has 1 aromatic carbocycles. The zero-order chi connectivity index (χ0) is 17.5. The first-order valence-electron chi connectivity index (χ1n) is 7.06. The number of nitrogens with one attached hydrogen (secondary N) is 1. The lowest BCUT2D eigenvalue weighted by atomic mass is 10.2. The summed E-state index contributed by atoms with van der Waals surface area (Å²) < 4.78 is 9.82. The van der Waals surface area contributed by atoms with Crippen molar-refractivity contribution in [3.63, 3.8) is 0 Å². The molecule has 126 valence electrons. The van der Waals surface area contributed by atoms with Gasteiger partial charge in [-0.05, 0) is 19.1 Å².